The summed E-state index contributed by atoms with van der Waals surface area (Å²) in [4.78, 5) is 9.35. The highest BCUT2D eigenvalue weighted by molar-refractivity contribution is 5.74. The largest absolute Gasteiger partial charge is 0.497 e. The van der Waals surface area contributed by atoms with Gasteiger partial charge in [-0.3, -0.25) is 0 Å². The van der Waals surface area contributed by atoms with E-state index in [0.29, 0.717) is 11.7 Å². The molecule has 0 amide bonds. The molecule has 0 unspecified atom stereocenters. The van der Waals surface area contributed by atoms with Gasteiger partial charge in [-0.15, -0.1) is 0 Å². The fourth-order valence-electron chi connectivity index (χ4n) is 3.79. The lowest BCUT2D eigenvalue weighted by Crippen LogP contribution is -2.26. The highest BCUT2D eigenvalue weighted by Crippen LogP contribution is 2.43. The minimum absolute atomic E-state index is 0.00524. The number of aromatic nitrogens is 2. The number of methoxy groups -OCH3 is 1. The van der Waals surface area contributed by atoms with Crippen LogP contribution in [0.3, 0.4) is 0 Å². The minimum Gasteiger partial charge on any atom is -0.497 e. The summed E-state index contributed by atoms with van der Waals surface area (Å²) in [7, 11) is 1.68. The molecule has 3 aromatic rings. The van der Waals surface area contributed by atoms with Crippen LogP contribution in [0.25, 0.3) is 11.3 Å². The predicted molar refractivity (Wildman–Crippen MR) is 113 cm³/mol. The van der Waals surface area contributed by atoms with Crippen molar-refractivity contribution in [2.24, 2.45) is 0 Å². The molecule has 150 valence electrons. The van der Waals surface area contributed by atoms with Crippen LogP contribution >= 0.6 is 0 Å². The summed E-state index contributed by atoms with van der Waals surface area (Å²) in [6, 6.07) is 13.7. The molecule has 1 heterocycles. The van der Waals surface area contributed by atoms with Gasteiger partial charge in [-0.2, -0.15) is 0 Å². The molecule has 2 aromatic carbocycles. The standard InChI is InChI=1S/C23H25N3O3/c1-23(2)13-15-14-24-22(25-16-5-4-6-18(11-16)29-10-9-27)26-21(15)19-12-17(28-3)7-8-20(19)23/h4-8,11-12,14,27H,9-10,13H2,1-3H3,(H,24,25,26). The van der Waals surface area contributed by atoms with Crippen LogP contribution in [0.1, 0.15) is 25.0 Å². The fourth-order valence-corrected chi connectivity index (χ4v) is 3.79. The SMILES string of the molecule is COc1ccc2c(c1)-c1nc(Nc3cccc(OCCO)c3)ncc1CC2(C)C. The van der Waals surface area contributed by atoms with Gasteiger partial charge in [-0.1, -0.05) is 26.0 Å². The second-order valence-electron chi connectivity index (χ2n) is 7.76. The molecule has 1 aliphatic carbocycles. The van der Waals surface area contributed by atoms with Crippen LogP contribution in [-0.2, 0) is 11.8 Å². The van der Waals surface area contributed by atoms with Crippen LogP contribution in [0.4, 0.5) is 11.6 Å². The Labute approximate surface area is 170 Å². The van der Waals surface area contributed by atoms with Gasteiger partial charge in [0.25, 0.3) is 0 Å². The molecule has 0 saturated carbocycles. The van der Waals surface area contributed by atoms with E-state index in [-0.39, 0.29) is 18.6 Å². The summed E-state index contributed by atoms with van der Waals surface area (Å²) in [5.41, 5.74) is 5.23. The summed E-state index contributed by atoms with van der Waals surface area (Å²) in [5, 5.41) is 12.2. The number of hydrogen-bond acceptors (Lipinski definition) is 6. The van der Waals surface area contributed by atoms with E-state index < -0.39 is 0 Å². The van der Waals surface area contributed by atoms with Crippen molar-refractivity contribution in [3.63, 3.8) is 0 Å². The van der Waals surface area contributed by atoms with E-state index in [0.717, 1.165) is 34.7 Å². The number of benzene rings is 2. The molecule has 0 radical (unpaired) electrons. The smallest absolute Gasteiger partial charge is 0.227 e. The summed E-state index contributed by atoms with van der Waals surface area (Å²) in [6.07, 6.45) is 2.79. The van der Waals surface area contributed by atoms with E-state index in [1.807, 2.05) is 36.5 Å². The fraction of sp³-hybridized carbons (Fsp3) is 0.304. The maximum absolute atomic E-state index is 8.93. The van der Waals surface area contributed by atoms with E-state index in [2.05, 4.69) is 36.3 Å². The first-order valence-electron chi connectivity index (χ1n) is 9.66. The molecule has 0 atom stereocenters. The molecular formula is C23H25N3O3. The molecule has 0 aliphatic heterocycles. The first-order valence-corrected chi connectivity index (χ1v) is 9.66. The maximum Gasteiger partial charge on any atom is 0.227 e. The molecule has 6 heteroatoms. The summed E-state index contributed by atoms with van der Waals surface area (Å²) >= 11 is 0. The van der Waals surface area contributed by atoms with Gasteiger partial charge in [0.15, 0.2) is 0 Å². The zero-order valence-electron chi connectivity index (χ0n) is 16.9. The van der Waals surface area contributed by atoms with Gasteiger partial charge < -0.3 is 19.9 Å². The van der Waals surface area contributed by atoms with Crippen LogP contribution in [0.5, 0.6) is 11.5 Å². The van der Waals surface area contributed by atoms with Crippen LogP contribution in [0, 0.1) is 0 Å². The van der Waals surface area contributed by atoms with E-state index in [1.54, 1.807) is 7.11 Å². The van der Waals surface area contributed by atoms with Crippen molar-refractivity contribution >= 4 is 11.6 Å². The summed E-state index contributed by atoms with van der Waals surface area (Å²) in [5.74, 6) is 2.02. The monoisotopic (exact) mass is 391 g/mol. The Morgan fingerprint density at radius 1 is 1.14 bits per heavy atom. The lowest BCUT2D eigenvalue weighted by molar-refractivity contribution is 0.201. The molecule has 0 bridgehead atoms. The molecule has 2 N–H and O–H groups in total. The average molecular weight is 391 g/mol. The predicted octanol–water partition coefficient (Wildman–Crippen LogP) is 4.10. The van der Waals surface area contributed by atoms with Crippen LogP contribution < -0.4 is 14.8 Å². The van der Waals surface area contributed by atoms with E-state index in [1.165, 1.54) is 5.56 Å². The maximum atomic E-state index is 8.93. The molecule has 29 heavy (non-hydrogen) atoms. The Morgan fingerprint density at radius 3 is 2.79 bits per heavy atom. The summed E-state index contributed by atoms with van der Waals surface area (Å²) in [6.45, 7) is 4.72. The van der Waals surface area contributed by atoms with Crippen molar-refractivity contribution in [3.8, 4) is 22.8 Å². The number of nitrogens with zero attached hydrogens (tertiary/aromatic N) is 2. The number of aliphatic hydroxyl groups excluding tert-OH is 1. The first kappa shape index (κ1) is 19.2. The van der Waals surface area contributed by atoms with Crippen molar-refractivity contribution in [1.29, 1.82) is 0 Å². The Hall–Kier alpha value is -3.12. The molecule has 0 fully saturated rings. The number of hydrogen-bond donors (Lipinski definition) is 2. The third kappa shape index (κ3) is 3.89. The van der Waals surface area contributed by atoms with Crippen molar-refractivity contribution in [3.05, 3.63) is 59.8 Å². The van der Waals surface area contributed by atoms with E-state index in [9.17, 15) is 0 Å². The Kier molecular flexibility index (Phi) is 5.11. The molecule has 1 aromatic heterocycles. The quantitative estimate of drug-likeness (QED) is 0.659. The lowest BCUT2D eigenvalue weighted by Gasteiger charge is -2.33. The minimum atomic E-state index is -0.0230. The van der Waals surface area contributed by atoms with Crippen LogP contribution in [-0.4, -0.2) is 35.4 Å². The van der Waals surface area contributed by atoms with E-state index >= 15 is 0 Å². The molecule has 1 aliphatic rings. The van der Waals surface area contributed by atoms with Gasteiger partial charge >= 0.3 is 0 Å². The number of rotatable bonds is 6. The number of aliphatic hydroxyl groups is 1. The van der Waals surface area contributed by atoms with Crippen molar-refractivity contribution in [2.75, 3.05) is 25.6 Å². The van der Waals surface area contributed by atoms with Gasteiger partial charge in [-0.05, 0) is 47.2 Å². The highest BCUT2D eigenvalue weighted by atomic mass is 16.5. The number of nitrogens with one attached hydrogen (secondary N) is 1. The second-order valence-corrected chi connectivity index (χ2v) is 7.76. The van der Waals surface area contributed by atoms with Gasteiger partial charge in [0.2, 0.25) is 5.95 Å². The second kappa shape index (κ2) is 7.72. The topological polar surface area (TPSA) is 76.5 Å². The molecule has 0 saturated heterocycles. The molecule has 4 rings (SSSR count). The molecule has 0 spiro atoms. The van der Waals surface area contributed by atoms with Crippen molar-refractivity contribution in [2.45, 2.75) is 25.7 Å². The molecular weight excluding hydrogens is 366 g/mol. The Morgan fingerprint density at radius 2 is 2.00 bits per heavy atom. The number of ether oxygens (including phenoxy) is 2. The third-order valence-corrected chi connectivity index (χ3v) is 5.16. The Balaban J connectivity index is 1.68. The first-order chi connectivity index (χ1) is 14.0. The van der Waals surface area contributed by atoms with Gasteiger partial charge in [0.1, 0.15) is 18.1 Å². The van der Waals surface area contributed by atoms with Gasteiger partial charge in [0, 0.05) is 23.5 Å². The zero-order valence-corrected chi connectivity index (χ0v) is 16.9. The molecule has 6 nitrogen and oxygen atoms in total. The Bertz CT molecular complexity index is 1030. The van der Waals surface area contributed by atoms with Crippen molar-refractivity contribution < 1.29 is 14.6 Å². The lowest BCUT2D eigenvalue weighted by atomic mass is 9.72. The van der Waals surface area contributed by atoms with Crippen molar-refractivity contribution in [1.82, 2.24) is 9.97 Å². The zero-order chi connectivity index (χ0) is 20.4. The normalized spacial score (nSPS) is 13.9. The number of fused-ring (bicyclic) bond motifs is 3. The number of anilines is 2. The van der Waals surface area contributed by atoms with Gasteiger partial charge in [0.05, 0.1) is 19.4 Å². The third-order valence-electron chi connectivity index (χ3n) is 5.16. The summed E-state index contributed by atoms with van der Waals surface area (Å²) < 4.78 is 10.9. The van der Waals surface area contributed by atoms with Gasteiger partial charge in [-0.25, -0.2) is 9.97 Å². The van der Waals surface area contributed by atoms with Crippen LogP contribution in [0.2, 0.25) is 0 Å². The average Bonchev–Trinajstić information content (AvgIpc) is 2.72. The van der Waals surface area contributed by atoms with Crippen LogP contribution in [0.15, 0.2) is 48.7 Å². The highest BCUT2D eigenvalue weighted by Gasteiger charge is 2.32. The van der Waals surface area contributed by atoms with E-state index in [4.69, 9.17) is 19.6 Å².